The van der Waals surface area contributed by atoms with Crippen molar-refractivity contribution in [1.29, 1.82) is 5.26 Å². The van der Waals surface area contributed by atoms with Gasteiger partial charge in [-0.3, -0.25) is 4.79 Å². The van der Waals surface area contributed by atoms with Gasteiger partial charge in [0.2, 0.25) is 0 Å². The topological polar surface area (TPSA) is 59.4 Å². The van der Waals surface area contributed by atoms with Gasteiger partial charge in [-0.1, -0.05) is 44.2 Å². The molecule has 1 aliphatic heterocycles. The Morgan fingerprint density at radius 3 is 2.54 bits per heavy atom. The molecule has 152 valence electrons. The molecule has 0 unspecified atom stereocenters. The molecule has 0 radical (unpaired) electrons. The summed E-state index contributed by atoms with van der Waals surface area (Å²) in [7, 11) is 0. The van der Waals surface area contributed by atoms with Crippen molar-refractivity contribution in [2.75, 3.05) is 39.3 Å². The van der Waals surface area contributed by atoms with Crippen molar-refractivity contribution in [1.82, 2.24) is 15.1 Å². The molecular formula is C23H34N4O. The minimum Gasteiger partial charge on any atom is -0.390 e. The van der Waals surface area contributed by atoms with Gasteiger partial charge in [-0.05, 0) is 56.8 Å². The summed E-state index contributed by atoms with van der Waals surface area (Å²) < 4.78 is 0. The molecule has 1 aromatic rings. The number of carbonyl (C=O) groups excluding carboxylic acids is 1. The third kappa shape index (κ3) is 7.01. The second-order valence-electron chi connectivity index (χ2n) is 7.43. The lowest BCUT2D eigenvalue weighted by molar-refractivity contribution is -0.128. The summed E-state index contributed by atoms with van der Waals surface area (Å²) in [6.07, 6.45) is 5.65. The summed E-state index contributed by atoms with van der Waals surface area (Å²) in [5, 5.41) is 12.5. The minimum atomic E-state index is -0.142. The number of benzene rings is 1. The van der Waals surface area contributed by atoms with E-state index in [1.807, 2.05) is 11.0 Å². The summed E-state index contributed by atoms with van der Waals surface area (Å²) in [6, 6.07) is 12.6. The zero-order valence-corrected chi connectivity index (χ0v) is 17.4. The number of carbonyl (C=O) groups is 1. The third-order valence-corrected chi connectivity index (χ3v) is 5.56. The molecule has 1 fully saturated rings. The number of piperidine rings is 1. The molecular weight excluding hydrogens is 348 g/mol. The van der Waals surface area contributed by atoms with Gasteiger partial charge >= 0.3 is 0 Å². The predicted molar refractivity (Wildman–Crippen MR) is 114 cm³/mol. The molecule has 5 nitrogen and oxygen atoms in total. The normalized spacial score (nSPS) is 15.5. The standard InChI is InChI=1S/C23H34N4O/c1-3-26(4-2)14-8-13-25-19-22(18-24)23(28)27-15-11-21(12-16-27)17-20-9-6-5-7-10-20/h5-7,9-10,19,21,25H,3-4,8,11-17H2,1-2H3/b22-19-. The highest BCUT2D eigenvalue weighted by atomic mass is 16.2. The largest absolute Gasteiger partial charge is 0.390 e. The average molecular weight is 383 g/mol. The lowest BCUT2D eigenvalue weighted by Gasteiger charge is -2.32. The fourth-order valence-electron chi connectivity index (χ4n) is 3.72. The number of likely N-dealkylation sites (tertiary alicyclic amines) is 1. The van der Waals surface area contributed by atoms with Crippen LogP contribution in [-0.2, 0) is 11.2 Å². The molecule has 0 bridgehead atoms. The van der Waals surface area contributed by atoms with Crippen molar-refractivity contribution in [2.45, 2.75) is 39.5 Å². The number of amides is 1. The Labute approximate surface area is 170 Å². The van der Waals surface area contributed by atoms with E-state index >= 15 is 0 Å². The van der Waals surface area contributed by atoms with E-state index in [0.717, 1.165) is 65.0 Å². The van der Waals surface area contributed by atoms with Gasteiger partial charge in [0, 0.05) is 25.8 Å². The van der Waals surface area contributed by atoms with E-state index in [1.54, 1.807) is 6.20 Å². The van der Waals surface area contributed by atoms with Crippen LogP contribution in [0.2, 0.25) is 0 Å². The number of rotatable bonds is 10. The molecule has 1 saturated heterocycles. The van der Waals surface area contributed by atoms with E-state index in [2.05, 4.69) is 54.4 Å². The van der Waals surface area contributed by atoms with Gasteiger partial charge < -0.3 is 15.1 Å². The fourth-order valence-corrected chi connectivity index (χ4v) is 3.72. The molecule has 0 spiro atoms. The van der Waals surface area contributed by atoms with E-state index in [4.69, 9.17) is 0 Å². The van der Waals surface area contributed by atoms with Crippen LogP contribution in [0.15, 0.2) is 42.1 Å². The summed E-state index contributed by atoms with van der Waals surface area (Å²) >= 11 is 0. The SMILES string of the molecule is CCN(CC)CCCN/C=C(/C#N)C(=O)N1CCC(Cc2ccccc2)CC1. The zero-order valence-electron chi connectivity index (χ0n) is 17.4. The number of nitriles is 1. The van der Waals surface area contributed by atoms with Gasteiger partial charge in [-0.25, -0.2) is 0 Å². The van der Waals surface area contributed by atoms with Crippen molar-refractivity contribution in [2.24, 2.45) is 5.92 Å². The van der Waals surface area contributed by atoms with E-state index in [0.29, 0.717) is 5.92 Å². The van der Waals surface area contributed by atoms with Crippen LogP contribution in [0.4, 0.5) is 0 Å². The van der Waals surface area contributed by atoms with Gasteiger partial charge in [-0.15, -0.1) is 0 Å². The van der Waals surface area contributed by atoms with Crippen LogP contribution < -0.4 is 5.32 Å². The van der Waals surface area contributed by atoms with Crippen molar-refractivity contribution in [3.8, 4) is 6.07 Å². The molecule has 0 aromatic heterocycles. The monoisotopic (exact) mass is 382 g/mol. The Bertz CT molecular complexity index is 653. The molecule has 5 heteroatoms. The molecule has 0 atom stereocenters. The average Bonchev–Trinajstić information content (AvgIpc) is 2.74. The van der Waals surface area contributed by atoms with Gasteiger partial charge in [0.25, 0.3) is 5.91 Å². The summed E-state index contributed by atoms with van der Waals surface area (Å²) in [5.41, 5.74) is 1.57. The second-order valence-corrected chi connectivity index (χ2v) is 7.43. The first-order valence-electron chi connectivity index (χ1n) is 10.6. The van der Waals surface area contributed by atoms with Crippen LogP contribution in [0, 0.1) is 17.2 Å². The first-order chi connectivity index (χ1) is 13.7. The van der Waals surface area contributed by atoms with Crippen LogP contribution in [0.3, 0.4) is 0 Å². The Balaban J connectivity index is 1.74. The highest BCUT2D eigenvalue weighted by Gasteiger charge is 2.25. The smallest absolute Gasteiger partial charge is 0.265 e. The van der Waals surface area contributed by atoms with Crippen LogP contribution in [-0.4, -0.2) is 55.0 Å². The Morgan fingerprint density at radius 1 is 1.25 bits per heavy atom. The maximum Gasteiger partial charge on any atom is 0.265 e. The predicted octanol–water partition coefficient (Wildman–Crippen LogP) is 3.20. The summed E-state index contributed by atoms with van der Waals surface area (Å²) in [6.45, 7) is 9.68. The van der Waals surface area contributed by atoms with E-state index in [1.165, 1.54) is 5.56 Å². The maximum atomic E-state index is 12.6. The van der Waals surface area contributed by atoms with Crippen molar-refractivity contribution >= 4 is 5.91 Å². The highest BCUT2D eigenvalue weighted by Crippen LogP contribution is 2.22. The van der Waals surface area contributed by atoms with E-state index in [9.17, 15) is 10.1 Å². The third-order valence-electron chi connectivity index (χ3n) is 5.56. The molecule has 1 heterocycles. The lowest BCUT2D eigenvalue weighted by Crippen LogP contribution is -2.39. The first-order valence-corrected chi connectivity index (χ1v) is 10.6. The van der Waals surface area contributed by atoms with Gasteiger partial charge in [0.1, 0.15) is 11.6 Å². The van der Waals surface area contributed by atoms with Crippen molar-refractivity contribution in [3.63, 3.8) is 0 Å². The Kier molecular flexibility index (Phi) is 9.57. The Morgan fingerprint density at radius 2 is 1.93 bits per heavy atom. The minimum absolute atomic E-state index is 0.142. The Hall–Kier alpha value is -2.32. The summed E-state index contributed by atoms with van der Waals surface area (Å²) in [5.74, 6) is 0.469. The molecule has 1 N–H and O–H groups in total. The van der Waals surface area contributed by atoms with Crippen LogP contribution >= 0.6 is 0 Å². The van der Waals surface area contributed by atoms with Crippen LogP contribution in [0.25, 0.3) is 0 Å². The number of hydrogen-bond acceptors (Lipinski definition) is 4. The van der Waals surface area contributed by atoms with Gasteiger partial charge in [0.05, 0.1) is 0 Å². The van der Waals surface area contributed by atoms with E-state index < -0.39 is 0 Å². The quantitative estimate of drug-likeness (QED) is 0.384. The zero-order chi connectivity index (χ0) is 20.2. The molecule has 28 heavy (non-hydrogen) atoms. The number of nitrogens with one attached hydrogen (secondary N) is 1. The number of hydrogen-bond donors (Lipinski definition) is 1. The molecule has 1 aliphatic rings. The highest BCUT2D eigenvalue weighted by molar-refractivity contribution is 5.97. The molecule has 0 aliphatic carbocycles. The van der Waals surface area contributed by atoms with Gasteiger partial charge in [-0.2, -0.15) is 5.26 Å². The summed E-state index contributed by atoms with van der Waals surface area (Å²) in [4.78, 5) is 16.8. The van der Waals surface area contributed by atoms with Crippen molar-refractivity contribution < 1.29 is 4.79 Å². The molecule has 1 aromatic carbocycles. The van der Waals surface area contributed by atoms with Crippen LogP contribution in [0.5, 0.6) is 0 Å². The van der Waals surface area contributed by atoms with E-state index in [-0.39, 0.29) is 11.5 Å². The number of nitrogens with zero attached hydrogens (tertiary/aromatic N) is 3. The first kappa shape index (κ1) is 22.0. The fraction of sp³-hybridized carbons (Fsp3) is 0.565. The lowest BCUT2D eigenvalue weighted by atomic mass is 9.90. The second kappa shape index (κ2) is 12.2. The molecule has 0 saturated carbocycles. The molecule has 1 amide bonds. The van der Waals surface area contributed by atoms with Crippen LogP contribution in [0.1, 0.15) is 38.7 Å². The van der Waals surface area contributed by atoms with Gasteiger partial charge in [0.15, 0.2) is 0 Å². The maximum absolute atomic E-state index is 12.6. The molecule has 2 rings (SSSR count). The van der Waals surface area contributed by atoms with Crippen molar-refractivity contribution in [3.05, 3.63) is 47.7 Å².